The molecule has 2 heterocycles. The summed E-state index contributed by atoms with van der Waals surface area (Å²) in [6, 6.07) is 26.7. The molecule has 120 valence electrons. The molecule has 0 aliphatic carbocycles. The summed E-state index contributed by atoms with van der Waals surface area (Å²) in [6.45, 7) is 4.35. The number of nitrogens with zero attached hydrogens (tertiary/aromatic N) is 2. The molecule has 0 saturated carbocycles. The third-order valence-corrected chi connectivity index (χ3v) is 4.73. The second-order valence-electron chi connectivity index (χ2n) is 6.64. The van der Waals surface area contributed by atoms with Crippen molar-refractivity contribution in [2.24, 2.45) is 0 Å². The standard InChI is InChI=1S/C22H18N2O/c1-15(2)23-14-24(19-11-5-4-10-18(19)23)20-12-7-9-17-16-8-3-6-13-21(16)25-22(17)20/h3-13,15H,1-2H3/q+2. The molecule has 0 atom stereocenters. The van der Waals surface area contributed by atoms with Crippen LogP contribution in [0.2, 0.25) is 0 Å². The van der Waals surface area contributed by atoms with Crippen LogP contribution in [0.25, 0.3) is 21.9 Å². The van der Waals surface area contributed by atoms with E-state index in [0.717, 1.165) is 33.3 Å². The highest BCUT2D eigenvalue weighted by Crippen LogP contribution is 2.39. The molecule has 1 aliphatic heterocycles. The molecule has 1 aromatic heterocycles. The summed E-state index contributed by atoms with van der Waals surface area (Å²) < 4.78 is 10.5. The molecule has 0 fully saturated rings. The zero-order valence-electron chi connectivity index (χ0n) is 14.2. The van der Waals surface area contributed by atoms with Gasteiger partial charge in [0.15, 0.2) is 6.04 Å². The van der Waals surface area contributed by atoms with E-state index in [1.54, 1.807) is 0 Å². The molecule has 0 N–H and O–H groups in total. The van der Waals surface area contributed by atoms with E-state index in [0.29, 0.717) is 6.04 Å². The highest BCUT2D eigenvalue weighted by molar-refractivity contribution is 6.09. The molecule has 0 radical (unpaired) electrons. The van der Waals surface area contributed by atoms with E-state index < -0.39 is 0 Å². The van der Waals surface area contributed by atoms with Crippen LogP contribution in [-0.2, 0) is 0 Å². The van der Waals surface area contributed by atoms with Crippen LogP contribution >= 0.6 is 0 Å². The molecule has 0 spiro atoms. The van der Waals surface area contributed by atoms with Crippen LogP contribution in [0.4, 0.5) is 17.1 Å². The van der Waals surface area contributed by atoms with Gasteiger partial charge in [0.25, 0.3) is 17.1 Å². The summed E-state index contributed by atoms with van der Waals surface area (Å²) in [5.74, 6) is 0. The van der Waals surface area contributed by atoms with Gasteiger partial charge < -0.3 is 4.42 Å². The summed E-state index contributed by atoms with van der Waals surface area (Å²) in [6.07, 6.45) is 0. The van der Waals surface area contributed by atoms with Gasteiger partial charge in [-0.25, -0.2) is 0 Å². The zero-order valence-corrected chi connectivity index (χ0v) is 14.2. The van der Waals surface area contributed by atoms with E-state index in [2.05, 4.69) is 77.5 Å². The third kappa shape index (κ3) is 2.00. The van der Waals surface area contributed by atoms with Crippen LogP contribution in [0.5, 0.6) is 0 Å². The fourth-order valence-electron chi connectivity index (χ4n) is 3.56. The molecule has 25 heavy (non-hydrogen) atoms. The Morgan fingerprint density at radius 2 is 1.44 bits per heavy atom. The maximum absolute atomic E-state index is 6.21. The number of para-hydroxylation sites is 4. The quantitative estimate of drug-likeness (QED) is 0.435. The molecule has 0 saturated heterocycles. The van der Waals surface area contributed by atoms with Crippen molar-refractivity contribution in [1.29, 1.82) is 0 Å². The Hall–Kier alpha value is -3.16. The van der Waals surface area contributed by atoms with Crippen molar-refractivity contribution in [1.82, 2.24) is 4.58 Å². The summed E-state index contributed by atoms with van der Waals surface area (Å²) >= 11 is 0. The molecule has 0 amide bonds. The number of fused-ring (bicyclic) bond motifs is 4. The van der Waals surface area contributed by atoms with Gasteiger partial charge >= 0.3 is 6.01 Å². The lowest BCUT2D eigenvalue weighted by molar-refractivity contribution is -0.466. The lowest BCUT2D eigenvalue weighted by atomic mass is 10.1. The van der Waals surface area contributed by atoms with Crippen molar-refractivity contribution in [2.45, 2.75) is 19.9 Å². The Morgan fingerprint density at radius 3 is 2.28 bits per heavy atom. The first-order chi connectivity index (χ1) is 12.2. The monoisotopic (exact) mass is 326 g/mol. The smallest absolute Gasteiger partial charge is 0.449 e. The predicted molar refractivity (Wildman–Crippen MR) is 102 cm³/mol. The highest BCUT2D eigenvalue weighted by atomic mass is 16.3. The Balaban J connectivity index is 1.86. The molecule has 4 aromatic rings. The minimum Gasteiger partial charge on any atom is -0.449 e. The average Bonchev–Trinajstić information content (AvgIpc) is 3.20. The fourth-order valence-corrected chi connectivity index (χ4v) is 3.56. The fraction of sp³-hybridized carbons (Fsp3) is 0.136. The molecule has 0 unspecified atom stereocenters. The van der Waals surface area contributed by atoms with Crippen molar-refractivity contribution in [3.63, 3.8) is 0 Å². The predicted octanol–water partition coefficient (Wildman–Crippen LogP) is 5.66. The summed E-state index contributed by atoms with van der Waals surface area (Å²) in [7, 11) is 0. The van der Waals surface area contributed by atoms with Crippen LogP contribution in [0.15, 0.2) is 71.1 Å². The average molecular weight is 326 g/mol. The Kier molecular flexibility index (Phi) is 2.94. The van der Waals surface area contributed by atoms with Gasteiger partial charge in [0.05, 0.1) is 0 Å². The van der Waals surface area contributed by atoms with Crippen LogP contribution in [-0.4, -0.2) is 16.6 Å². The van der Waals surface area contributed by atoms with E-state index in [4.69, 9.17) is 4.42 Å². The first-order valence-corrected chi connectivity index (χ1v) is 8.59. The number of hydrogen-bond donors (Lipinski definition) is 0. The molecule has 3 heteroatoms. The maximum atomic E-state index is 6.21. The van der Waals surface area contributed by atoms with Crippen LogP contribution < -0.4 is 4.58 Å². The second-order valence-corrected chi connectivity index (χ2v) is 6.64. The van der Waals surface area contributed by atoms with Gasteiger partial charge in [0, 0.05) is 29.0 Å². The molecular weight excluding hydrogens is 308 g/mol. The minimum atomic E-state index is 0.334. The Morgan fingerprint density at radius 1 is 0.760 bits per heavy atom. The van der Waals surface area contributed by atoms with E-state index in [1.165, 1.54) is 5.69 Å². The van der Waals surface area contributed by atoms with E-state index in [1.807, 2.05) is 18.2 Å². The molecule has 3 nitrogen and oxygen atoms in total. The first-order valence-electron chi connectivity index (χ1n) is 8.59. The van der Waals surface area contributed by atoms with Gasteiger partial charge in [-0.1, -0.05) is 41.0 Å². The number of hydrogen-bond acceptors (Lipinski definition) is 1. The highest BCUT2D eigenvalue weighted by Gasteiger charge is 2.37. The maximum Gasteiger partial charge on any atom is 0.496 e. The van der Waals surface area contributed by atoms with Gasteiger partial charge in [-0.15, -0.1) is 0 Å². The van der Waals surface area contributed by atoms with Gasteiger partial charge in [-0.05, 0) is 30.6 Å². The summed E-state index contributed by atoms with van der Waals surface area (Å²) in [4.78, 5) is 0. The largest absolute Gasteiger partial charge is 0.496 e. The minimum absolute atomic E-state index is 0.334. The summed E-state index contributed by atoms with van der Waals surface area (Å²) in [5.41, 5.74) is 5.13. The third-order valence-electron chi connectivity index (χ3n) is 4.73. The molecule has 0 bridgehead atoms. The SMILES string of the molecule is CC(C)[N+]1=C=[N+](c2cccc3c2oc2ccccc23)c2ccccc21. The summed E-state index contributed by atoms with van der Waals surface area (Å²) in [5, 5.41) is 2.28. The van der Waals surface area contributed by atoms with Crippen LogP contribution in [0.1, 0.15) is 13.8 Å². The lowest BCUT2D eigenvalue weighted by Gasteiger charge is -1.97. The van der Waals surface area contributed by atoms with E-state index in [-0.39, 0.29) is 0 Å². The molecule has 1 aliphatic rings. The molecular formula is C22H18N2O+2. The van der Waals surface area contributed by atoms with E-state index >= 15 is 0 Å². The topological polar surface area (TPSA) is 19.2 Å². The number of rotatable bonds is 2. The number of furan rings is 1. The van der Waals surface area contributed by atoms with Gasteiger partial charge in [0.2, 0.25) is 5.58 Å². The number of benzene rings is 3. The van der Waals surface area contributed by atoms with Crippen LogP contribution in [0.3, 0.4) is 0 Å². The Labute approximate surface area is 145 Å². The second kappa shape index (κ2) is 5.17. The molecule has 3 aromatic carbocycles. The van der Waals surface area contributed by atoms with Gasteiger partial charge in [0.1, 0.15) is 5.58 Å². The lowest BCUT2D eigenvalue weighted by Crippen LogP contribution is -2.12. The van der Waals surface area contributed by atoms with Crippen molar-refractivity contribution in [2.75, 3.05) is 0 Å². The van der Waals surface area contributed by atoms with Crippen molar-refractivity contribution in [3.05, 3.63) is 66.7 Å². The van der Waals surface area contributed by atoms with Gasteiger partial charge in [-0.3, -0.25) is 0 Å². The normalized spacial score (nSPS) is 13.4. The zero-order chi connectivity index (χ0) is 17.0. The molecule has 5 rings (SSSR count). The van der Waals surface area contributed by atoms with E-state index in [9.17, 15) is 0 Å². The van der Waals surface area contributed by atoms with Gasteiger partial charge in [-0.2, -0.15) is 0 Å². The van der Waals surface area contributed by atoms with Crippen molar-refractivity contribution in [3.8, 4) is 0 Å². The Bertz CT molecular complexity index is 1210. The van der Waals surface area contributed by atoms with Crippen molar-refractivity contribution >= 4 is 45.0 Å². The first kappa shape index (κ1) is 14.2. The van der Waals surface area contributed by atoms with Crippen molar-refractivity contribution < 1.29 is 8.99 Å². The van der Waals surface area contributed by atoms with Crippen LogP contribution in [0, 0.1) is 0 Å².